The quantitative estimate of drug-likeness (QED) is 0.637. The summed E-state index contributed by atoms with van der Waals surface area (Å²) in [4.78, 5) is 25.3. The van der Waals surface area contributed by atoms with Crippen molar-refractivity contribution in [1.82, 2.24) is 4.90 Å². The Labute approximate surface area is 119 Å². The first kappa shape index (κ1) is 16.0. The van der Waals surface area contributed by atoms with Crippen LogP contribution in [0.2, 0.25) is 0 Å². The molecule has 1 amide bonds. The van der Waals surface area contributed by atoms with E-state index in [1.54, 1.807) is 29.2 Å². The second kappa shape index (κ2) is 7.53. The molecule has 0 saturated heterocycles. The van der Waals surface area contributed by atoms with Crippen LogP contribution in [0.5, 0.6) is 0 Å². The Hall–Kier alpha value is -2.04. The van der Waals surface area contributed by atoms with Crippen molar-refractivity contribution in [3.05, 3.63) is 29.8 Å². The molecule has 0 unspecified atom stereocenters. The van der Waals surface area contributed by atoms with E-state index in [-0.39, 0.29) is 18.3 Å². The van der Waals surface area contributed by atoms with Gasteiger partial charge in [-0.15, -0.1) is 0 Å². The first-order chi connectivity index (χ1) is 9.43. The lowest BCUT2D eigenvalue weighted by Crippen LogP contribution is -2.36. The fraction of sp³-hybridized carbons (Fsp3) is 0.467. The number of nitrogens with zero attached hydrogens (tertiary/aromatic N) is 1. The smallest absolute Gasteiger partial charge is 0.307 e. The zero-order chi connectivity index (χ0) is 15.1. The molecular formula is C15H22N2O3. The molecule has 0 aliphatic carbocycles. The summed E-state index contributed by atoms with van der Waals surface area (Å²) in [6, 6.07) is 6.79. The summed E-state index contributed by atoms with van der Waals surface area (Å²) in [5, 5.41) is 0. The number of hydrogen-bond donors (Lipinski definition) is 1. The minimum Gasteiger partial charge on any atom is -0.469 e. The molecule has 0 atom stereocenters. The van der Waals surface area contributed by atoms with Crippen molar-refractivity contribution in [2.75, 3.05) is 25.9 Å². The maximum absolute atomic E-state index is 12.4. The highest BCUT2D eigenvalue weighted by Crippen LogP contribution is 2.11. The number of benzene rings is 1. The Morgan fingerprint density at radius 3 is 2.35 bits per heavy atom. The van der Waals surface area contributed by atoms with E-state index in [0.717, 1.165) is 0 Å². The van der Waals surface area contributed by atoms with Crippen molar-refractivity contribution in [3.8, 4) is 0 Å². The number of carbonyl (C=O) groups excluding carboxylic acids is 2. The van der Waals surface area contributed by atoms with Crippen molar-refractivity contribution in [2.45, 2.75) is 20.3 Å². The van der Waals surface area contributed by atoms with Crippen LogP contribution in [0, 0.1) is 5.92 Å². The molecule has 2 N–H and O–H groups in total. The number of ether oxygens (including phenoxy) is 1. The molecule has 0 spiro atoms. The van der Waals surface area contributed by atoms with E-state index < -0.39 is 0 Å². The van der Waals surface area contributed by atoms with Crippen LogP contribution < -0.4 is 5.73 Å². The van der Waals surface area contributed by atoms with E-state index >= 15 is 0 Å². The van der Waals surface area contributed by atoms with Crippen LogP contribution in [0.3, 0.4) is 0 Å². The third-order valence-corrected chi connectivity index (χ3v) is 2.84. The third kappa shape index (κ3) is 4.91. The second-order valence-electron chi connectivity index (χ2n) is 5.09. The summed E-state index contributed by atoms with van der Waals surface area (Å²) < 4.78 is 4.61. The Morgan fingerprint density at radius 1 is 1.25 bits per heavy atom. The number of hydrogen-bond acceptors (Lipinski definition) is 4. The van der Waals surface area contributed by atoms with Gasteiger partial charge in [0.25, 0.3) is 5.91 Å². The van der Waals surface area contributed by atoms with Crippen LogP contribution in [-0.2, 0) is 9.53 Å². The van der Waals surface area contributed by atoms with Gasteiger partial charge in [0, 0.05) is 24.3 Å². The molecule has 5 nitrogen and oxygen atoms in total. The zero-order valence-corrected chi connectivity index (χ0v) is 12.3. The second-order valence-corrected chi connectivity index (χ2v) is 5.09. The van der Waals surface area contributed by atoms with Crippen molar-refractivity contribution < 1.29 is 14.3 Å². The Morgan fingerprint density at radius 2 is 1.85 bits per heavy atom. The predicted molar refractivity (Wildman–Crippen MR) is 78.2 cm³/mol. The first-order valence-electron chi connectivity index (χ1n) is 6.65. The normalized spacial score (nSPS) is 10.4. The van der Waals surface area contributed by atoms with Gasteiger partial charge in [-0.25, -0.2) is 0 Å². The maximum atomic E-state index is 12.4. The molecule has 0 radical (unpaired) electrons. The van der Waals surface area contributed by atoms with Gasteiger partial charge in [-0.3, -0.25) is 9.59 Å². The van der Waals surface area contributed by atoms with Crippen LogP contribution >= 0.6 is 0 Å². The molecule has 0 aliphatic rings. The van der Waals surface area contributed by atoms with Gasteiger partial charge in [0.15, 0.2) is 0 Å². The molecule has 0 fully saturated rings. The topological polar surface area (TPSA) is 72.6 Å². The summed E-state index contributed by atoms with van der Waals surface area (Å²) in [6.07, 6.45) is 0.198. The van der Waals surface area contributed by atoms with E-state index in [2.05, 4.69) is 4.74 Å². The standard InChI is InChI=1S/C15H22N2O3/c1-11(2)10-17(9-8-14(18)20-3)15(19)12-4-6-13(16)7-5-12/h4-7,11H,8-10,16H2,1-3H3. The van der Waals surface area contributed by atoms with Crippen LogP contribution in [0.4, 0.5) is 5.69 Å². The monoisotopic (exact) mass is 278 g/mol. The lowest BCUT2D eigenvalue weighted by atomic mass is 10.1. The number of carbonyl (C=O) groups is 2. The first-order valence-corrected chi connectivity index (χ1v) is 6.65. The van der Waals surface area contributed by atoms with Crippen molar-refractivity contribution in [3.63, 3.8) is 0 Å². The number of methoxy groups -OCH3 is 1. The fourth-order valence-electron chi connectivity index (χ4n) is 1.85. The lowest BCUT2D eigenvalue weighted by Gasteiger charge is -2.24. The molecule has 20 heavy (non-hydrogen) atoms. The van der Waals surface area contributed by atoms with Crippen LogP contribution in [0.25, 0.3) is 0 Å². The number of nitrogen functional groups attached to an aromatic ring is 1. The number of anilines is 1. The van der Waals surface area contributed by atoms with Crippen LogP contribution in [-0.4, -0.2) is 37.0 Å². The number of nitrogens with two attached hydrogens (primary N) is 1. The molecule has 0 aliphatic heterocycles. The molecule has 1 rings (SSSR count). The zero-order valence-electron chi connectivity index (χ0n) is 12.3. The highest BCUT2D eigenvalue weighted by atomic mass is 16.5. The van der Waals surface area contributed by atoms with E-state index in [4.69, 9.17) is 5.73 Å². The van der Waals surface area contributed by atoms with Gasteiger partial charge in [-0.1, -0.05) is 13.8 Å². The molecule has 1 aromatic carbocycles. The summed E-state index contributed by atoms with van der Waals surface area (Å²) >= 11 is 0. The molecular weight excluding hydrogens is 256 g/mol. The van der Waals surface area contributed by atoms with E-state index in [1.807, 2.05) is 13.8 Å². The van der Waals surface area contributed by atoms with Gasteiger partial charge in [0.1, 0.15) is 0 Å². The molecule has 0 heterocycles. The van der Waals surface area contributed by atoms with Gasteiger partial charge >= 0.3 is 5.97 Å². The van der Waals surface area contributed by atoms with Crippen molar-refractivity contribution in [1.29, 1.82) is 0 Å². The molecule has 1 aromatic rings. The molecule has 110 valence electrons. The minimum atomic E-state index is -0.316. The number of amides is 1. The fourth-order valence-corrected chi connectivity index (χ4v) is 1.85. The highest BCUT2D eigenvalue weighted by Gasteiger charge is 2.18. The van der Waals surface area contributed by atoms with Crippen molar-refractivity contribution in [2.24, 2.45) is 5.92 Å². The highest BCUT2D eigenvalue weighted by molar-refractivity contribution is 5.94. The van der Waals surface area contributed by atoms with Gasteiger partial charge in [0.05, 0.1) is 13.5 Å². The SMILES string of the molecule is COC(=O)CCN(CC(C)C)C(=O)c1ccc(N)cc1. The van der Waals surface area contributed by atoms with Gasteiger partial charge in [0.2, 0.25) is 0 Å². The van der Waals surface area contributed by atoms with E-state index in [9.17, 15) is 9.59 Å². The predicted octanol–water partition coefficient (Wildman–Crippen LogP) is 1.93. The van der Waals surface area contributed by atoms with Gasteiger partial charge in [-0.05, 0) is 30.2 Å². The van der Waals surface area contributed by atoms with Crippen molar-refractivity contribution >= 4 is 17.6 Å². The van der Waals surface area contributed by atoms with E-state index in [0.29, 0.717) is 30.3 Å². The summed E-state index contributed by atoms with van der Waals surface area (Å²) in [6.45, 7) is 5.01. The molecule has 5 heteroatoms. The molecule has 0 bridgehead atoms. The molecule has 0 saturated carbocycles. The van der Waals surface area contributed by atoms with Gasteiger partial charge in [-0.2, -0.15) is 0 Å². The number of rotatable bonds is 6. The third-order valence-electron chi connectivity index (χ3n) is 2.84. The number of esters is 1. The minimum absolute atomic E-state index is 0.0948. The Bertz CT molecular complexity index is 455. The molecule has 0 aromatic heterocycles. The van der Waals surface area contributed by atoms with E-state index in [1.165, 1.54) is 7.11 Å². The summed E-state index contributed by atoms with van der Waals surface area (Å²) in [7, 11) is 1.34. The van der Waals surface area contributed by atoms with Crippen LogP contribution in [0.15, 0.2) is 24.3 Å². The largest absolute Gasteiger partial charge is 0.469 e. The maximum Gasteiger partial charge on any atom is 0.307 e. The Kier molecular flexibility index (Phi) is 6.03. The summed E-state index contributed by atoms with van der Waals surface area (Å²) in [5.41, 5.74) is 6.80. The average Bonchev–Trinajstić information content (AvgIpc) is 2.42. The van der Waals surface area contributed by atoms with Crippen LogP contribution in [0.1, 0.15) is 30.6 Å². The lowest BCUT2D eigenvalue weighted by molar-refractivity contribution is -0.140. The average molecular weight is 278 g/mol. The Balaban J connectivity index is 2.78. The van der Waals surface area contributed by atoms with Gasteiger partial charge < -0.3 is 15.4 Å². The summed E-state index contributed by atoms with van der Waals surface area (Å²) in [5.74, 6) is -0.0863.